The minimum atomic E-state index is -0.517. The fourth-order valence-corrected chi connectivity index (χ4v) is 9.78. The molecule has 14 heteroatoms. The summed E-state index contributed by atoms with van der Waals surface area (Å²) >= 11 is 0. The van der Waals surface area contributed by atoms with Crippen LogP contribution in [0.25, 0.3) is 16.6 Å². The van der Waals surface area contributed by atoms with Crippen molar-refractivity contribution in [3.63, 3.8) is 0 Å². The molecule has 324 valence electrons. The molecule has 13 nitrogen and oxygen atoms in total. The molecule has 4 fully saturated rings. The predicted octanol–water partition coefficient (Wildman–Crippen LogP) is 6.25. The molecule has 62 heavy (non-hydrogen) atoms. The smallest absolute Gasteiger partial charge is 0.336 e. The number of rotatable bonds is 11. The average molecular weight is 843 g/mol. The quantitative estimate of drug-likeness (QED) is 0.132. The number of nitrogens with one attached hydrogen (secondary N) is 3. The van der Waals surface area contributed by atoms with Gasteiger partial charge in [-0.25, -0.2) is 9.18 Å². The first kappa shape index (κ1) is 41.3. The summed E-state index contributed by atoms with van der Waals surface area (Å²) in [5.41, 5.74) is 3.42. The van der Waals surface area contributed by atoms with Gasteiger partial charge in [0.25, 0.3) is 11.1 Å². The van der Waals surface area contributed by atoms with Crippen molar-refractivity contribution >= 4 is 45.6 Å². The van der Waals surface area contributed by atoms with E-state index >= 15 is 4.39 Å². The lowest BCUT2D eigenvalue weighted by Gasteiger charge is -2.38. The maximum Gasteiger partial charge on any atom is 0.336 e. The van der Waals surface area contributed by atoms with Crippen molar-refractivity contribution in [3.05, 3.63) is 120 Å². The molecule has 1 atom stereocenters. The Labute approximate surface area is 359 Å². The molecule has 9 rings (SSSR count). The van der Waals surface area contributed by atoms with E-state index in [1.807, 2.05) is 36.4 Å². The fraction of sp³-hybridized carbons (Fsp3) is 0.438. The maximum atomic E-state index is 15.2. The zero-order valence-electron chi connectivity index (χ0n) is 35.7. The van der Waals surface area contributed by atoms with Crippen LogP contribution in [0.5, 0.6) is 0 Å². The van der Waals surface area contributed by atoms with Crippen LogP contribution in [0.1, 0.15) is 80.0 Å². The second-order valence-electron chi connectivity index (χ2n) is 17.9. The number of fused-ring (bicyclic) bond motifs is 1. The Morgan fingerprint density at radius 1 is 0.774 bits per heavy atom. The van der Waals surface area contributed by atoms with E-state index in [9.17, 15) is 24.0 Å². The number of nitrogens with zero attached hydrogens (tertiary/aromatic N) is 5. The third kappa shape index (κ3) is 8.19. The van der Waals surface area contributed by atoms with Crippen molar-refractivity contribution in [1.82, 2.24) is 23.9 Å². The number of carbonyl (C=O) groups excluding carboxylic acids is 2. The standard InChI is InChI=1S/C48H55FN8O5/c1-29-10-14-40(39(49)24-29)51-44-42-43(30(2)46(60)53(44)3)56(48(62)57(47(42)61)35-11-12-35)37-9-5-7-34(26-37)50-27-31-16-20-54(21-17-31)28-32-18-22-55(23-19-32)36-8-4-6-33(25-36)38-13-15-41(58)52-45(38)59/h4-10,14,24-26,31-32,35,38,50-51H,11-13,15-23,27-28H2,1-3H3,(H,52,58,59). The van der Waals surface area contributed by atoms with E-state index in [4.69, 9.17) is 0 Å². The molecule has 5 heterocycles. The second-order valence-corrected chi connectivity index (χ2v) is 17.9. The molecule has 1 aliphatic carbocycles. The summed E-state index contributed by atoms with van der Waals surface area (Å²) in [6, 6.07) is 20.3. The van der Waals surface area contributed by atoms with E-state index in [1.54, 1.807) is 33.0 Å². The van der Waals surface area contributed by atoms with Crippen molar-refractivity contribution in [2.45, 2.75) is 77.2 Å². The Morgan fingerprint density at radius 2 is 1.50 bits per heavy atom. The number of amides is 2. The lowest BCUT2D eigenvalue weighted by molar-refractivity contribution is -0.134. The predicted molar refractivity (Wildman–Crippen MR) is 241 cm³/mol. The van der Waals surface area contributed by atoms with Crippen molar-refractivity contribution in [1.29, 1.82) is 0 Å². The zero-order chi connectivity index (χ0) is 43.2. The number of pyridine rings is 1. The number of likely N-dealkylation sites (tertiary alicyclic amines) is 1. The lowest BCUT2D eigenvalue weighted by Crippen LogP contribution is -2.42. The van der Waals surface area contributed by atoms with Crippen LogP contribution in [0.2, 0.25) is 0 Å². The minimum absolute atomic E-state index is 0.122. The Hall–Kier alpha value is -6.02. The monoisotopic (exact) mass is 842 g/mol. The topological polar surface area (TPSA) is 143 Å². The van der Waals surface area contributed by atoms with Gasteiger partial charge < -0.3 is 20.4 Å². The molecule has 4 aliphatic rings. The van der Waals surface area contributed by atoms with E-state index < -0.39 is 22.6 Å². The third-order valence-corrected chi connectivity index (χ3v) is 13.5. The highest BCUT2D eigenvalue weighted by molar-refractivity contribution is 6.01. The third-order valence-electron chi connectivity index (χ3n) is 13.5. The molecular weight excluding hydrogens is 788 g/mol. The molecule has 0 bridgehead atoms. The van der Waals surface area contributed by atoms with Crippen LogP contribution in [0.15, 0.2) is 81.1 Å². The van der Waals surface area contributed by atoms with Crippen molar-refractivity contribution in [2.24, 2.45) is 18.9 Å². The normalized spacial score (nSPS) is 19.2. The molecule has 1 saturated carbocycles. The zero-order valence-corrected chi connectivity index (χ0v) is 35.7. The summed E-state index contributed by atoms with van der Waals surface area (Å²) in [4.78, 5) is 71.5. The molecule has 3 aliphatic heterocycles. The summed E-state index contributed by atoms with van der Waals surface area (Å²) in [6.45, 7) is 9.33. The molecule has 5 aromatic rings. The Balaban J connectivity index is 0.853. The van der Waals surface area contributed by atoms with Gasteiger partial charge in [0.1, 0.15) is 17.0 Å². The second kappa shape index (κ2) is 17.0. The number of carbonyl (C=O) groups is 2. The molecule has 2 amide bonds. The van der Waals surface area contributed by atoms with Crippen LogP contribution in [0.4, 0.5) is 27.3 Å². The molecular formula is C48H55FN8O5. The van der Waals surface area contributed by atoms with Gasteiger partial charge in [-0.1, -0.05) is 24.3 Å². The van der Waals surface area contributed by atoms with E-state index in [2.05, 4.69) is 37.9 Å². The maximum absolute atomic E-state index is 15.2. The van der Waals surface area contributed by atoms with E-state index in [0.29, 0.717) is 43.2 Å². The van der Waals surface area contributed by atoms with Gasteiger partial charge in [0, 0.05) is 62.6 Å². The van der Waals surface area contributed by atoms with Gasteiger partial charge in [-0.3, -0.25) is 38.2 Å². The number of imide groups is 1. The highest BCUT2D eigenvalue weighted by Gasteiger charge is 2.33. The molecule has 3 saturated heterocycles. The lowest BCUT2D eigenvalue weighted by atomic mass is 9.89. The van der Waals surface area contributed by atoms with Crippen LogP contribution in [0, 0.1) is 31.5 Å². The number of aryl methyl sites for hydroxylation is 2. The number of hydrogen-bond donors (Lipinski definition) is 3. The van der Waals surface area contributed by atoms with Gasteiger partial charge in [-0.15, -0.1) is 0 Å². The van der Waals surface area contributed by atoms with Gasteiger partial charge in [-0.2, -0.15) is 0 Å². The van der Waals surface area contributed by atoms with Crippen LogP contribution < -0.4 is 37.7 Å². The largest absolute Gasteiger partial charge is 0.385 e. The van der Waals surface area contributed by atoms with Gasteiger partial charge in [0.05, 0.1) is 22.8 Å². The molecule has 3 N–H and O–H groups in total. The Bertz CT molecular complexity index is 2740. The number of benzene rings is 3. The van der Waals surface area contributed by atoms with Gasteiger partial charge >= 0.3 is 5.69 Å². The van der Waals surface area contributed by atoms with Crippen LogP contribution >= 0.6 is 0 Å². The van der Waals surface area contributed by atoms with Crippen LogP contribution in [0.3, 0.4) is 0 Å². The van der Waals surface area contributed by atoms with Gasteiger partial charge in [-0.05, 0) is 137 Å². The first-order valence-corrected chi connectivity index (χ1v) is 22.1. The van der Waals surface area contributed by atoms with Crippen molar-refractivity contribution in [2.75, 3.05) is 54.8 Å². The highest BCUT2D eigenvalue weighted by atomic mass is 19.1. The minimum Gasteiger partial charge on any atom is -0.385 e. The number of anilines is 4. The van der Waals surface area contributed by atoms with Gasteiger partial charge in [0.15, 0.2) is 0 Å². The molecule has 0 spiro atoms. The van der Waals surface area contributed by atoms with E-state index in [-0.39, 0.29) is 51.7 Å². The molecule has 1 unspecified atom stereocenters. The summed E-state index contributed by atoms with van der Waals surface area (Å²) in [7, 11) is 1.55. The van der Waals surface area contributed by atoms with E-state index in [0.717, 1.165) is 87.5 Å². The SMILES string of the molecule is Cc1ccc(Nc2c3c(=O)n(C4CC4)c(=O)n(-c4cccc(NCC5CCN(CC6CCN(c7cccc(C8CCC(=O)NC8=O)c7)CC6)CC5)c4)c3c(C)c(=O)n2C)c(F)c1. The first-order chi connectivity index (χ1) is 29.9. The summed E-state index contributed by atoms with van der Waals surface area (Å²) < 4.78 is 19.3. The Kier molecular flexibility index (Phi) is 11.4. The number of hydrogen-bond acceptors (Lipinski definition) is 9. The highest BCUT2D eigenvalue weighted by Crippen LogP contribution is 2.35. The average Bonchev–Trinajstić information content (AvgIpc) is 4.11. The van der Waals surface area contributed by atoms with Crippen LogP contribution in [-0.2, 0) is 16.6 Å². The molecule has 3 aromatic carbocycles. The summed E-state index contributed by atoms with van der Waals surface area (Å²) in [6.07, 6.45) is 6.73. The number of halogens is 1. The number of piperidine rings is 3. The fourth-order valence-electron chi connectivity index (χ4n) is 9.78. The number of aromatic nitrogens is 3. The summed E-state index contributed by atoms with van der Waals surface area (Å²) in [5.74, 6) is 0.0648. The van der Waals surface area contributed by atoms with E-state index in [1.165, 1.54) is 19.8 Å². The Morgan fingerprint density at radius 3 is 2.23 bits per heavy atom. The van der Waals surface area contributed by atoms with Crippen LogP contribution in [-0.4, -0.2) is 69.7 Å². The van der Waals surface area contributed by atoms with Gasteiger partial charge in [0.2, 0.25) is 11.8 Å². The summed E-state index contributed by atoms with van der Waals surface area (Å²) in [5, 5.41) is 9.31. The first-order valence-electron chi connectivity index (χ1n) is 22.1. The van der Waals surface area contributed by atoms with Crippen molar-refractivity contribution in [3.8, 4) is 5.69 Å². The molecule has 2 aromatic heterocycles. The van der Waals surface area contributed by atoms with Crippen molar-refractivity contribution < 1.29 is 14.0 Å². The molecule has 0 radical (unpaired) electrons.